The molecule has 10 heteroatoms. The van der Waals surface area contributed by atoms with E-state index < -0.39 is 16.9 Å². The molecule has 3 aromatic carbocycles. The van der Waals surface area contributed by atoms with Crippen molar-refractivity contribution < 1.29 is 19.2 Å². The van der Waals surface area contributed by atoms with E-state index in [2.05, 4.69) is 4.99 Å². The van der Waals surface area contributed by atoms with Crippen molar-refractivity contribution in [3.8, 4) is 5.75 Å². The van der Waals surface area contributed by atoms with Gasteiger partial charge < -0.3 is 9.47 Å². The first kappa shape index (κ1) is 28.7. The summed E-state index contributed by atoms with van der Waals surface area (Å²) in [6.07, 6.45) is 1.67. The van der Waals surface area contributed by atoms with Gasteiger partial charge in [0.2, 0.25) is 0 Å². The van der Waals surface area contributed by atoms with E-state index in [4.69, 9.17) is 9.47 Å². The van der Waals surface area contributed by atoms with Gasteiger partial charge in [-0.25, -0.2) is 9.79 Å². The number of esters is 1. The van der Waals surface area contributed by atoms with Gasteiger partial charge in [-0.2, -0.15) is 0 Å². The van der Waals surface area contributed by atoms with Crippen LogP contribution in [0, 0.1) is 16.0 Å². The molecule has 0 spiro atoms. The van der Waals surface area contributed by atoms with Gasteiger partial charge in [-0.3, -0.25) is 19.5 Å². The number of carbonyl (C=O) groups excluding carboxylic acids is 1. The fraction of sp³-hybridized carbons (Fsp3) is 0.219. The summed E-state index contributed by atoms with van der Waals surface area (Å²) in [5, 5.41) is 11.0. The predicted octanol–water partition coefficient (Wildman–Crippen LogP) is 4.92. The first-order valence-corrected chi connectivity index (χ1v) is 14.2. The number of allylic oxidation sites excluding steroid dienone is 1. The van der Waals surface area contributed by atoms with Gasteiger partial charge in [0.05, 0.1) is 33.4 Å². The van der Waals surface area contributed by atoms with E-state index in [0.29, 0.717) is 44.1 Å². The summed E-state index contributed by atoms with van der Waals surface area (Å²) in [4.78, 5) is 42.8. The molecular weight excluding hydrogens is 554 g/mol. The minimum atomic E-state index is -0.761. The number of ether oxygens (including phenoxy) is 2. The van der Waals surface area contributed by atoms with Crippen molar-refractivity contribution in [2.24, 2.45) is 10.9 Å². The molecule has 0 aliphatic carbocycles. The van der Waals surface area contributed by atoms with Crippen molar-refractivity contribution in [2.75, 3.05) is 6.61 Å². The van der Waals surface area contributed by atoms with E-state index in [9.17, 15) is 19.7 Å². The van der Waals surface area contributed by atoms with E-state index >= 15 is 0 Å². The van der Waals surface area contributed by atoms with Gasteiger partial charge in [-0.1, -0.05) is 67.6 Å². The van der Waals surface area contributed by atoms with Crippen LogP contribution in [0.4, 0.5) is 5.69 Å². The molecule has 0 N–H and O–H groups in total. The number of fused-ring (bicyclic) bond motifs is 1. The number of hydrogen-bond donors (Lipinski definition) is 0. The minimum Gasteiger partial charge on any atom is -0.489 e. The van der Waals surface area contributed by atoms with E-state index in [1.807, 2.05) is 68.4 Å². The van der Waals surface area contributed by atoms with Crippen LogP contribution in [0.15, 0.2) is 99.9 Å². The normalized spacial score (nSPS) is 14.9. The van der Waals surface area contributed by atoms with E-state index in [1.54, 1.807) is 25.1 Å². The lowest BCUT2D eigenvalue weighted by molar-refractivity contribution is -0.384. The van der Waals surface area contributed by atoms with Crippen LogP contribution in [0.5, 0.6) is 5.75 Å². The first-order chi connectivity index (χ1) is 20.2. The third-order valence-corrected chi connectivity index (χ3v) is 7.62. The molecule has 1 aliphatic heterocycles. The van der Waals surface area contributed by atoms with Crippen LogP contribution in [-0.2, 0) is 16.1 Å². The lowest BCUT2D eigenvalue weighted by Crippen LogP contribution is -2.40. The molecule has 1 atom stereocenters. The van der Waals surface area contributed by atoms with Gasteiger partial charge in [0.15, 0.2) is 4.80 Å². The number of carbonyl (C=O) groups is 1. The Morgan fingerprint density at radius 1 is 1.07 bits per heavy atom. The van der Waals surface area contributed by atoms with Crippen LogP contribution in [0.25, 0.3) is 6.08 Å². The van der Waals surface area contributed by atoms with Gasteiger partial charge in [0.1, 0.15) is 12.4 Å². The third kappa shape index (κ3) is 6.23. The highest BCUT2D eigenvalue weighted by molar-refractivity contribution is 7.07. The molecule has 2 heterocycles. The number of nitrogens with zero attached hydrogens (tertiary/aromatic N) is 3. The number of nitro groups is 1. The molecular formula is C32H29N3O6S. The molecule has 1 aliphatic rings. The number of hydrogen-bond acceptors (Lipinski definition) is 8. The molecule has 1 unspecified atom stereocenters. The van der Waals surface area contributed by atoms with Crippen molar-refractivity contribution in [1.29, 1.82) is 0 Å². The average Bonchev–Trinajstić information content (AvgIpc) is 3.29. The van der Waals surface area contributed by atoms with Gasteiger partial charge in [0.25, 0.3) is 11.2 Å². The molecule has 1 aromatic heterocycles. The van der Waals surface area contributed by atoms with Crippen molar-refractivity contribution in [3.05, 3.63) is 137 Å². The Balaban J connectivity index is 1.54. The molecule has 0 radical (unpaired) electrons. The summed E-state index contributed by atoms with van der Waals surface area (Å²) >= 11 is 1.19. The molecule has 0 bridgehead atoms. The molecule has 9 nitrogen and oxygen atoms in total. The second-order valence-corrected chi connectivity index (χ2v) is 11.3. The zero-order valence-corrected chi connectivity index (χ0v) is 24.2. The predicted molar refractivity (Wildman–Crippen MR) is 160 cm³/mol. The smallest absolute Gasteiger partial charge is 0.338 e. The van der Waals surface area contributed by atoms with Crippen LogP contribution in [-0.4, -0.2) is 22.1 Å². The van der Waals surface area contributed by atoms with E-state index in [0.717, 1.165) is 5.56 Å². The Morgan fingerprint density at radius 3 is 2.40 bits per heavy atom. The highest BCUT2D eigenvalue weighted by atomic mass is 32.1. The van der Waals surface area contributed by atoms with Crippen molar-refractivity contribution in [3.63, 3.8) is 0 Å². The average molecular weight is 584 g/mol. The quantitative estimate of drug-likeness (QED) is 0.157. The standard InChI is InChI=1S/C32H29N3O6S/c1-20(2)18-41-31(37)28-21(3)33-32-34(30(36)27(42-32)17-22-9-13-25(14-10-22)35(38)39)29(28)24-11-15-26(16-12-24)40-19-23-7-5-4-6-8-23/h4-17,20,29H,18-19H2,1-3H3/b27-17-. The largest absolute Gasteiger partial charge is 0.489 e. The molecule has 42 heavy (non-hydrogen) atoms. The van der Waals surface area contributed by atoms with Crippen molar-refractivity contribution in [2.45, 2.75) is 33.4 Å². The van der Waals surface area contributed by atoms with Gasteiger partial charge in [-0.15, -0.1) is 0 Å². The number of nitro benzene ring substituents is 1. The molecule has 214 valence electrons. The van der Waals surface area contributed by atoms with Crippen molar-refractivity contribution >= 4 is 29.1 Å². The highest BCUT2D eigenvalue weighted by Crippen LogP contribution is 2.32. The molecule has 0 fully saturated rings. The monoisotopic (exact) mass is 583 g/mol. The second-order valence-electron chi connectivity index (χ2n) is 10.3. The number of aromatic nitrogens is 1. The first-order valence-electron chi connectivity index (χ1n) is 13.4. The zero-order chi connectivity index (χ0) is 29.8. The maximum Gasteiger partial charge on any atom is 0.338 e. The van der Waals surface area contributed by atoms with Crippen LogP contribution < -0.4 is 19.6 Å². The molecule has 0 saturated heterocycles. The van der Waals surface area contributed by atoms with E-state index in [-0.39, 0.29) is 23.8 Å². The Labute approximate surface area is 245 Å². The summed E-state index contributed by atoms with van der Waals surface area (Å²) in [6.45, 7) is 6.29. The Kier molecular flexibility index (Phi) is 8.44. The van der Waals surface area contributed by atoms with Crippen molar-refractivity contribution in [1.82, 2.24) is 4.57 Å². The summed E-state index contributed by atoms with van der Waals surface area (Å²) in [5.74, 6) is 0.263. The van der Waals surface area contributed by atoms with Crippen LogP contribution >= 0.6 is 11.3 Å². The SMILES string of the molecule is CC1=C(C(=O)OCC(C)C)C(c2ccc(OCc3ccccc3)cc2)n2c(s/c(=C\c3ccc([N+](=O)[O-])cc3)c2=O)=N1. The lowest BCUT2D eigenvalue weighted by atomic mass is 9.96. The summed E-state index contributed by atoms with van der Waals surface area (Å²) in [6, 6.07) is 22.3. The summed E-state index contributed by atoms with van der Waals surface area (Å²) in [7, 11) is 0. The van der Waals surface area contributed by atoms with Crippen LogP contribution in [0.2, 0.25) is 0 Å². The molecule has 0 amide bonds. The van der Waals surface area contributed by atoms with Crippen LogP contribution in [0.1, 0.15) is 43.5 Å². The number of thiazole rings is 1. The summed E-state index contributed by atoms with van der Waals surface area (Å²) in [5.41, 5.74) is 2.78. The Hall–Kier alpha value is -4.83. The number of non-ortho nitro benzene ring substituents is 1. The van der Waals surface area contributed by atoms with Gasteiger partial charge >= 0.3 is 5.97 Å². The fourth-order valence-corrected chi connectivity index (χ4v) is 5.60. The maximum absolute atomic E-state index is 13.8. The molecule has 0 saturated carbocycles. The third-order valence-electron chi connectivity index (χ3n) is 6.64. The van der Waals surface area contributed by atoms with E-state index in [1.165, 1.54) is 28.0 Å². The minimum absolute atomic E-state index is 0.0371. The fourth-order valence-electron chi connectivity index (χ4n) is 4.55. The van der Waals surface area contributed by atoms with Gasteiger partial charge in [0, 0.05) is 12.1 Å². The topological polar surface area (TPSA) is 113 Å². The molecule has 4 aromatic rings. The lowest BCUT2D eigenvalue weighted by Gasteiger charge is -2.25. The van der Waals surface area contributed by atoms with Gasteiger partial charge in [-0.05, 0) is 59.9 Å². The Morgan fingerprint density at radius 2 is 1.76 bits per heavy atom. The Bertz CT molecular complexity index is 1820. The summed E-state index contributed by atoms with van der Waals surface area (Å²) < 4.78 is 13.5. The maximum atomic E-state index is 13.8. The zero-order valence-electron chi connectivity index (χ0n) is 23.4. The second kappa shape index (κ2) is 12.4. The number of rotatable bonds is 9. The highest BCUT2D eigenvalue weighted by Gasteiger charge is 2.33. The van der Waals surface area contributed by atoms with Crippen LogP contribution in [0.3, 0.4) is 0 Å². The molecule has 5 rings (SSSR count). The number of benzene rings is 3.